The summed E-state index contributed by atoms with van der Waals surface area (Å²) >= 11 is 0. The Morgan fingerprint density at radius 2 is 0.516 bits per heavy atom. The second kappa shape index (κ2) is 22.5. The van der Waals surface area contributed by atoms with Crippen LogP contribution in [0.5, 0.6) is 0 Å². The van der Waals surface area contributed by atoms with Crippen LogP contribution in [-0.4, -0.2) is 66.8 Å². The molecule has 0 aromatic rings. The van der Waals surface area contributed by atoms with Gasteiger partial charge in [0.1, 0.15) is 0 Å². The minimum Gasteiger partial charge on any atom is -0.759 e. The maximum Gasteiger partial charge on any atom is 0.0591 e. The van der Waals surface area contributed by atoms with Gasteiger partial charge in [0.05, 0.1) is 49.3 Å². The molecule has 0 aromatic heterocycles. The number of rotatable bonds is 16. The summed E-state index contributed by atoms with van der Waals surface area (Å²) in [7, 11) is -6.16. The molecule has 0 aliphatic rings. The fraction of sp³-hybridized carbons (Fsp3) is 1.00. The van der Waals surface area contributed by atoms with Gasteiger partial charge in [0.25, 0.3) is 0 Å². The lowest BCUT2D eigenvalue weighted by Crippen LogP contribution is -2.10. The van der Waals surface area contributed by atoms with Crippen LogP contribution < -0.4 is 0 Å². The molecule has 0 aromatic carbocycles. The summed E-state index contributed by atoms with van der Waals surface area (Å²) < 4.78 is 34.1. The first kappa shape index (κ1) is 36.3. The Labute approximate surface area is 198 Å². The molecule has 4 nitrogen and oxygen atoms in total. The molecule has 7 heteroatoms. The van der Waals surface area contributed by atoms with E-state index in [1.165, 1.54) is 51.4 Å². The molecule has 0 saturated heterocycles. The zero-order valence-electron chi connectivity index (χ0n) is 22.2. The number of hydrogen-bond acceptors (Lipinski definition) is 4. The van der Waals surface area contributed by atoms with Crippen molar-refractivity contribution in [1.82, 2.24) is 0 Å². The second-order valence-corrected chi connectivity index (χ2v) is 18.6. The summed E-state index contributed by atoms with van der Waals surface area (Å²) in [6, 6.07) is 0. The van der Waals surface area contributed by atoms with Crippen LogP contribution in [-0.2, 0) is 10.4 Å². The van der Waals surface area contributed by atoms with E-state index in [0.717, 1.165) is 0 Å². The molecule has 0 N–H and O–H groups in total. The highest BCUT2D eigenvalue weighted by Gasteiger charge is 2.33. The Kier molecular flexibility index (Phi) is 26.4. The zero-order valence-corrected chi connectivity index (χ0v) is 24.9. The fourth-order valence-corrected chi connectivity index (χ4v) is 15.4. The minimum atomic E-state index is -5.17. The van der Waals surface area contributed by atoms with Crippen molar-refractivity contribution >= 4 is 24.9 Å². The minimum absolute atomic E-state index is 0.496. The summed E-state index contributed by atoms with van der Waals surface area (Å²) in [5.41, 5.74) is 0. The SMILES string of the molecule is CCC[P+](CCC)(CCC)CCC.CCC[P+](CCC)(CCC)CCC.O=S(=O)([O-])[O-]. The smallest absolute Gasteiger partial charge is 0.0591 e. The molecule has 0 rings (SSSR count). The highest BCUT2D eigenvalue weighted by atomic mass is 32.3. The van der Waals surface area contributed by atoms with Gasteiger partial charge in [-0.05, 0) is 51.4 Å². The topological polar surface area (TPSA) is 80.3 Å². The highest BCUT2D eigenvalue weighted by molar-refractivity contribution is 7.79. The van der Waals surface area contributed by atoms with Crippen LogP contribution in [0.3, 0.4) is 0 Å². The lowest BCUT2D eigenvalue weighted by molar-refractivity contribution is 0.352. The Balaban J connectivity index is -0.000000416. The van der Waals surface area contributed by atoms with Crippen LogP contribution >= 0.6 is 14.5 Å². The standard InChI is InChI=1S/2C12H28P.H2O4S/c2*1-5-9-13(10-6-2,11-7-3)12-8-4;1-5(2,3)4/h2*5-12H2,1-4H3;(H2,1,2,3,4)/q2*+1;/p-2. The molecular formula is C24H56O4P2S. The largest absolute Gasteiger partial charge is 0.759 e. The fourth-order valence-electron chi connectivity index (χ4n) is 5.14. The van der Waals surface area contributed by atoms with Crippen molar-refractivity contribution < 1.29 is 17.5 Å². The van der Waals surface area contributed by atoms with E-state index in [2.05, 4.69) is 55.4 Å². The van der Waals surface area contributed by atoms with Crippen LogP contribution in [0.25, 0.3) is 0 Å². The molecule has 0 atom stereocenters. The molecule has 0 fully saturated rings. The van der Waals surface area contributed by atoms with Gasteiger partial charge in [0.15, 0.2) is 0 Å². The Bertz CT molecular complexity index is 375. The van der Waals surface area contributed by atoms with Gasteiger partial charge < -0.3 is 9.11 Å². The number of hydrogen-bond donors (Lipinski definition) is 0. The lowest BCUT2D eigenvalue weighted by atomic mass is 10.5. The Morgan fingerprint density at radius 1 is 0.419 bits per heavy atom. The normalized spacial score (nSPS) is 11.9. The van der Waals surface area contributed by atoms with Crippen molar-refractivity contribution in [2.45, 2.75) is 107 Å². The van der Waals surface area contributed by atoms with E-state index in [9.17, 15) is 0 Å². The van der Waals surface area contributed by atoms with Gasteiger partial charge in [-0.15, -0.1) is 0 Å². The molecule has 0 aliphatic heterocycles. The van der Waals surface area contributed by atoms with E-state index in [-0.39, 0.29) is 0 Å². The van der Waals surface area contributed by atoms with Crippen LogP contribution in [0.2, 0.25) is 0 Å². The van der Waals surface area contributed by atoms with Crippen LogP contribution in [0.1, 0.15) is 107 Å². The summed E-state index contributed by atoms with van der Waals surface area (Å²) in [6.07, 6.45) is 23.7. The molecule has 0 heterocycles. The van der Waals surface area contributed by atoms with Crippen molar-refractivity contribution in [3.8, 4) is 0 Å². The first-order valence-electron chi connectivity index (χ1n) is 12.9. The highest BCUT2D eigenvalue weighted by Crippen LogP contribution is 2.61. The third-order valence-electron chi connectivity index (χ3n) is 5.58. The van der Waals surface area contributed by atoms with Crippen molar-refractivity contribution in [3.63, 3.8) is 0 Å². The maximum atomic E-state index is 8.52. The summed E-state index contributed by atoms with van der Waals surface area (Å²) in [6.45, 7) is 18.9. The van der Waals surface area contributed by atoms with Crippen molar-refractivity contribution in [1.29, 1.82) is 0 Å². The molecule has 0 radical (unpaired) electrons. The predicted octanol–water partition coefficient (Wildman–Crippen LogP) is 7.95. The molecule has 0 spiro atoms. The molecule has 0 bridgehead atoms. The third-order valence-corrected chi connectivity index (χ3v) is 16.8. The molecule has 0 unspecified atom stereocenters. The van der Waals surface area contributed by atoms with E-state index in [1.54, 1.807) is 49.3 Å². The summed E-state index contributed by atoms with van der Waals surface area (Å²) in [4.78, 5) is 0. The molecule has 0 amide bonds. The maximum absolute atomic E-state index is 8.52. The zero-order chi connectivity index (χ0) is 24.8. The van der Waals surface area contributed by atoms with E-state index >= 15 is 0 Å². The van der Waals surface area contributed by atoms with Crippen LogP contribution in [0.15, 0.2) is 0 Å². The Hall–Kier alpha value is 0.730. The van der Waals surface area contributed by atoms with Gasteiger partial charge >= 0.3 is 0 Å². The third kappa shape index (κ3) is 23.7. The van der Waals surface area contributed by atoms with Gasteiger partial charge in [-0.3, -0.25) is 8.42 Å². The van der Waals surface area contributed by atoms with Crippen molar-refractivity contribution in [2.24, 2.45) is 0 Å². The average Bonchev–Trinajstić information content (AvgIpc) is 2.63. The van der Waals surface area contributed by atoms with E-state index in [0.29, 0.717) is 0 Å². The molecule has 192 valence electrons. The van der Waals surface area contributed by atoms with E-state index in [4.69, 9.17) is 17.5 Å². The van der Waals surface area contributed by atoms with Crippen LogP contribution in [0, 0.1) is 0 Å². The van der Waals surface area contributed by atoms with E-state index in [1.807, 2.05) is 0 Å². The molecule has 0 saturated carbocycles. The second-order valence-electron chi connectivity index (χ2n) is 8.88. The average molecular weight is 503 g/mol. The lowest BCUT2D eigenvalue weighted by Gasteiger charge is -2.26. The molecular weight excluding hydrogens is 446 g/mol. The molecule has 0 aliphatic carbocycles. The summed E-state index contributed by atoms with van der Waals surface area (Å²) in [5, 5.41) is 0. The van der Waals surface area contributed by atoms with Crippen molar-refractivity contribution in [2.75, 3.05) is 49.3 Å². The van der Waals surface area contributed by atoms with Gasteiger partial charge in [-0.2, -0.15) is 0 Å². The van der Waals surface area contributed by atoms with Gasteiger partial charge in [-0.25, -0.2) is 0 Å². The van der Waals surface area contributed by atoms with Crippen molar-refractivity contribution in [3.05, 3.63) is 0 Å². The predicted molar refractivity (Wildman–Crippen MR) is 146 cm³/mol. The van der Waals surface area contributed by atoms with E-state index < -0.39 is 24.9 Å². The molecule has 31 heavy (non-hydrogen) atoms. The quantitative estimate of drug-likeness (QED) is 0.122. The van der Waals surface area contributed by atoms with Gasteiger partial charge in [-0.1, -0.05) is 55.4 Å². The first-order chi connectivity index (χ1) is 14.5. The monoisotopic (exact) mass is 502 g/mol. The first-order valence-corrected chi connectivity index (χ1v) is 19.2. The summed E-state index contributed by atoms with van der Waals surface area (Å²) in [5.74, 6) is 0. The Morgan fingerprint density at radius 3 is 0.581 bits per heavy atom. The van der Waals surface area contributed by atoms with Gasteiger partial charge in [0.2, 0.25) is 0 Å². The van der Waals surface area contributed by atoms with Crippen LogP contribution in [0.4, 0.5) is 0 Å². The van der Waals surface area contributed by atoms with Gasteiger partial charge in [0, 0.05) is 24.9 Å².